The normalized spacial score (nSPS) is 49.6. The molecule has 0 heterocycles. The summed E-state index contributed by atoms with van der Waals surface area (Å²) in [5.41, 5.74) is -0.122. The molecule has 0 spiro atoms. The molecule has 4 saturated carbocycles. The van der Waals surface area contributed by atoms with Crippen molar-refractivity contribution in [2.24, 2.45) is 34.5 Å². The molecular weight excluding hydrogens is 334 g/mol. The van der Waals surface area contributed by atoms with E-state index in [4.69, 9.17) is 0 Å². The number of Topliss-reactive ketones (excluding diaryl/α,β-unsaturated/α-hetero) is 1. The summed E-state index contributed by atoms with van der Waals surface area (Å²) in [5, 5.41) is 11.4. The summed E-state index contributed by atoms with van der Waals surface area (Å²) in [7, 11) is 0. The van der Waals surface area contributed by atoms with Gasteiger partial charge in [-0.3, -0.25) is 4.79 Å². The third-order valence-corrected chi connectivity index (χ3v) is 9.94. The fourth-order valence-electron chi connectivity index (χ4n) is 8.10. The van der Waals surface area contributed by atoms with Crippen LogP contribution in [0.1, 0.15) is 85.5 Å². The summed E-state index contributed by atoms with van der Waals surface area (Å²) >= 11 is 0. The average Bonchev–Trinajstić information content (AvgIpc) is 2.96. The van der Waals surface area contributed by atoms with Crippen LogP contribution in [0.5, 0.6) is 0 Å². The van der Waals surface area contributed by atoms with Crippen LogP contribution in [0.15, 0.2) is 0 Å². The number of carbonyl (C=O) groups is 1. The molecular formula is C24H41NO2. The van der Waals surface area contributed by atoms with Crippen molar-refractivity contribution in [3.8, 4) is 0 Å². The van der Waals surface area contributed by atoms with Gasteiger partial charge in [-0.1, -0.05) is 27.7 Å². The predicted molar refractivity (Wildman–Crippen MR) is 109 cm³/mol. The Morgan fingerprint density at radius 3 is 2.44 bits per heavy atom. The van der Waals surface area contributed by atoms with Gasteiger partial charge in [0.25, 0.3) is 0 Å². The Labute approximate surface area is 166 Å². The minimum atomic E-state index is -0.491. The first-order chi connectivity index (χ1) is 12.8. The number of likely N-dealkylation sites (N-methyl/N-ethyl adjacent to an activating group) is 1. The van der Waals surface area contributed by atoms with Crippen LogP contribution >= 0.6 is 0 Å². The van der Waals surface area contributed by atoms with Gasteiger partial charge >= 0.3 is 0 Å². The molecule has 4 aliphatic carbocycles. The van der Waals surface area contributed by atoms with Crippen molar-refractivity contribution >= 4 is 5.78 Å². The van der Waals surface area contributed by atoms with Crippen LogP contribution in [0.3, 0.4) is 0 Å². The van der Waals surface area contributed by atoms with Crippen molar-refractivity contribution < 1.29 is 9.90 Å². The Hall–Kier alpha value is -0.410. The largest absolute Gasteiger partial charge is 0.389 e. The standard InChI is InChI=1S/C24H41NO2/c1-5-25(6-2)16-24(27)14-13-22(3)17(15-24)7-8-18-19-9-10-21(26)23(19,4)12-11-20(18)22/h17-20,27H,5-16H2,1-4H3/t17?,18-,19-,20+,22-,23-,24?/m0/s1. The lowest BCUT2D eigenvalue weighted by Gasteiger charge is -2.61. The fourth-order valence-corrected chi connectivity index (χ4v) is 8.10. The molecule has 0 aromatic heterocycles. The Balaban J connectivity index is 1.52. The number of hydrogen-bond donors (Lipinski definition) is 1. The van der Waals surface area contributed by atoms with Crippen LogP contribution in [0.4, 0.5) is 0 Å². The summed E-state index contributed by atoms with van der Waals surface area (Å²) in [6.45, 7) is 12.1. The van der Waals surface area contributed by atoms with Crippen molar-refractivity contribution in [3.63, 3.8) is 0 Å². The van der Waals surface area contributed by atoms with Crippen molar-refractivity contribution in [2.75, 3.05) is 19.6 Å². The van der Waals surface area contributed by atoms with E-state index in [9.17, 15) is 9.90 Å². The van der Waals surface area contributed by atoms with Crippen LogP contribution < -0.4 is 0 Å². The van der Waals surface area contributed by atoms with Crippen molar-refractivity contribution in [1.82, 2.24) is 4.90 Å². The fraction of sp³-hybridized carbons (Fsp3) is 0.958. The third-order valence-electron chi connectivity index (χ3n) is 9.94. The average molecular weight is 376 g/mol. The van der Waals surface area contributed by atoms with E-state index in [2.05, 4.69) is 32.6 Å². The van der Waals surface area contributed by atoms with E-state index in [-0.39, 0.29) is 5.41 Å². The molecule has 0 aliphatic heterocycles. The maximum atomic E-state index is 12.6. The van der Waals surface area contributed by atoms with E-state index in [1.807, 2.05) is 0 Å². The molecule has 3 nitrogen and oxygen atoms in total. The van der Waals surface area contributed by atoms with Gasteiger partial charge < -0.3 is 10.0 Å². The molecule has 0 aromatic rings. The molecule has 0 bridgehead atoms. The number of nitrogens with zero attached hydrogens (tertiary/aromatic N) is 1. The molecule has 1 N–H and O–H groups in total. The van der Waals surface area contributed by atoms with Gasteiger partial charge in [0.05, 0.1) is 5.60 Å². The molecule has 4 fully saturated rings. The third kappa shape index (κ3) is 3.03. The molecule has 0 radical (unpaired) electrons. The molecule has 2 unspecified atom stereocenters. The zero-order chi connectivity index (χ0) is 19.4. The molecule has 0 saturated heterocycles. The van der Waals surface area contributed by atoms with Crippen LogP contribution in [0.2, 0.25) is 0 Å². The highest BCUT2D eigenvalue weighted by Gasteiger charge is 2.61. The van der Waals surface area contributed by atoms with Gasteiger partial charge in [-0.05, 0) is 93.5 Å². The molecule has 3 heteroatoms. The SMILES string of the molecule is CCN(CC)CC1(O)CC[C@@]2(C)C(CC[C@@H]3[C@H]2CC[C@]2(C)C(=O)CC[C@@H]32)C1. The summed E-state index contributed by atoms with van der Waals surface area (Å²) in [4.78, 5) is 15.0. The van der Waals surface area contributed by atoms with Crippen LogP contribution in [0.25, 0.3) is 0 Å². The number of hydrogen-bond acceptors (Lipinski definition) is 3. The minimum absolute atomic E-state index is 0.0114. The Kier molecular flexibility index (Phi) is 5.03. The first-order valence-electron chi connectivity index (χ1n) is 11.7. The van der Waals surface area contributed by atoms with Gasteiger partial charge in [-0.25, -0.2) is 0 Å². The maximum absolute atomic E-state index is 12.6. The number of carbonyl (C=O) groups excluding carboxylic acids is 1. The monoisotopic (exact) mass is 375 g/mol. The highest BCUT2D eigenvalue weighted by molar-refractivity contribution is 5.87. The number of fused-ring (bicyclic) bond motifs is 5. The lowest BCUT2D eigenvalue weighted by atomic mass is 9.44. The smallest absolute Gasteiger partial charge is 0.139 e. The van der Waals surface area contributed by atoms with Gasteiger partial charge in [-0.2, -0.15) is 0 Å². The number of aliphatic hydroxyl groups is 1. The quantitative estimate of drug-likeness (QED) is 0.776. The van der Waals surface area contributed by atoms with Gasteiger partial charge in [0, 0.05) is 18.4 Å². The summed E-state index contributed by atoms with van der Waals surface area (Å²) in [5.74, 6) is 3.38. The van der Waals surface area contributed by atoms with Crippen LogP contribution in [-0.4, -0.2) is 41.0 Å². The second-order valence-corrected chi connectivity index (χ2v) is 11.0. The molecule has 27 heavy (non-hydrogen) atoms. The molecule has 4 rings (SSSR count). The summed E-state index contributed by atoms with van der Waals surface area (Å²) in [6, 6.07) is 0. The van der Waals surface area contributed by atoms with E-state index >= 15 is 0 Å². The second-order valence-electron chi connectivity index (χ2n) is 11.0. The maximum Gasteiger partial charge on any atom is 0.139 e. The van der Waals surface area contributed by atoms with E-state index in [0.717, 1.165) is 63.6 Å². The molecule has 154 valence electrons. The predicted octanol–water partition coefficient (Wildman–Crippen LogP) is 4.67. The lowest BCUT2D eigenvalue weighted by molar-refractivity contribution is -0.157. The van der Waals surface area contributed by atoms with Gasteiger partial charge in [0.1, 0.15) is 5.78 Å². The Morgan fingerprint density at radius 1 is 1.00 bits per heavy atom. The van der Waals surface area contributed by atoms with E-state index < -0.39 is 5.60 Å². The van der Waals surface area contributed by atoms with E-state index in [1.54, 1.807) is 0 Å². The lowest BCUT2D eigenvalue weighted by Crippen LogP contribution is -2.57. The Bertz CT molecular complexity index is 587. The van der Waals surface area contributed by atoms with E-state index in [0.29, 0.717) is 23.0 Å². The highest BCUT2D eigenvalue weighted by atomic mass is 16.3. The van der Waals surface area contributed by atoms with Gasteiger partial charge in [-0.15, -0.1) is 0 Å². The van der Waals surface area contributed by atoms with Crippen molar-refractivity contribution in [2.45, 2.75) is 91.1 Å². The number of rotatable bonds is 4. The highest BCUT2D eigenvalue weighted by Crippen LogP contribution is 2.66. The van der Waals surface area contributed by atoms with Gasteiger partial charge in [0.2, 0.25) is 0 Å². The zero-order valence-electron chi connectivity index (χ0n) is 18.1. The second kappa shape index (κ2) is 6.83. The van der Waals surface area contributed by atoms with E-state index in [1.165, 1.54) is 25.7 Å². The number of ketones is 1. The van der Waals surface area contributed by atoms with Crippen molar-refractivity contribution in [3.05, 3.63) is 0 Å². The molecule has 4 aliphatic rings. The summed E-state index contributed by atoms with van der Waals surface area (Å²) in [6.07, 6.45) is 10.0. The first-order valence-corrected chi connectivity index (χ1v) is 11.7. The molecule has 0 aromatic carbocycles. The zero-order valence-corrected chi connectivity index (χ0v) is 18.1. The molecule has 0 amide bonds. The first kappa shape index (κ1) is 19.9. The van der Waals surface area contributed by atoms with Crippen LogP contribution in [-0.2, 0) is 4.79 Å². The topological polar surface area (TPSA) is 40.5 Å². The Morgan fingerprint density at radius 2 is 1.74 bits per heavy atom. The summed E-state index contributed by atoms with van der Waals surface area (Å²) < 4.78 is 0. The van der Waals surface area contributed by atoms with Gasteiger partial charge in [0.15, 0.2) is 0 Å². The minimum Gasteiger partial charge on any atom is -0.389 e. The van der Waals surface area contributed by atoms with Crippen LogP contribution in [0, 0.1) is 34.5 Å². The van der Waals surface area contributed by atoms with Crippen molar-refractivity contribution in [1.29, 1.82) is 0 Å². The molecule has 7 atom stereocenters.